The summed E-state index contributed by atoms with van der Waals surface area (Å²) in [7, 11) is 3.04. The number of likely N-dealkylation sites (tertiary alicyclic amines) is 1. The van der Waals surface area contributed by atoms with Crippen molar-refractivity contribution in [1.82, 2.24) is 4.90 Å². The summed E-state index contributed by atoms with van der Waals surface area (Å²) in [6.45, 7) is 5.59. The number of carbonyl (C=O) groups excluding carboxylic acids is 2. The van der Waals surface area contributed by atoms with Gasteiger partial charge in [0.2, 0.25) is 0 Å². The fourth-order valence-corrected chi connectivity index (χ4v) is 2.94. The Kier molecular flexibility index (Phi) is 5.45. The molecule has 1 aromatic rings. The van der Waals surface area contributed by atoms with E-state index in [1.807, 2.05) is 0 Å². The van der Waals surface area contributed by atoms with Gasteiger partial charge in [0.25, 0.3) is 0 Å². The van der Waals surface area contributed by atoms with E-state index < -0.39 is 29.5 Å². The lowest BCUT2D eigenvalue weighted by Gasteiger charge is -2.24. The summed E-state index contributed by atoms with van der Waals surface area (Å²) in [6.07, 6.45) is -0.526. The van der Waals surface area contributed by atoms with Gasteiger partial charge in [0, 0.05) is 30.9 Å². The van der Waals surface area contributed by atoms with Crippen molar-refractivity contribution >= 4 is 12.1 Å². The Hall–Kier alpha value is -2.44. The van der Waals surface area contributed by atoms with Gasteiger partial charge in [-0.25, -0.2) is 4.79 Å². The Morgan fingerprint density at radius 3 is 2.28 bits per heavy atom. The first-order valence-electron chi connectivity index (χ1n) is 8.07. The van der Waals surface area contributed by atoms with E-state index in [0.717, 1.165) is 5.56 Å². The van der Waals surface area contributed by atoms with Crippen molar-refractivity contribution in [3.05, 3.63) is 23.8 Å². The van der Waals surface area contributed by atoms with Crippen molar-refractivity contribution in [2.75, 3.05) is 27.3 Å². The van der Waals surface area contributed by atoms with Crippen LogP contribution in [0, 0.1) is 5.92 Å². The number of amides is 1. The van der Waals surface area contributed by atoms with Crippen LogP contribution < -0.4 is 14.6 Å². The zero-order valence-electron chi connectivity index (χ0n) is 15.2. The van der Waals surface area contributed by atoms with Crippen molar-refractivity contribution < 1.29 is 28.9 Å². The van der Waals surface area contributed by atoms with Gasteiger partial charge in [0.05, 0.1) is 14.2 Å². The molecule has 1 heterocycles. The SMILES string of the molecule is COc1ccc([C@@H]2CN(C(=O)OC(C)(C)C)C[C@H]2C(=O)[O-])cc1OC. The van der Waals surface area contributed by atoms with Gasteiger partial charge >= 0.3 is 6.09 Å². The van der Waals surface area contributed by atoms with Crippen LogP contribution in [0.1, 0.15) is 32.3 Å². The van der Waals surface area contributed by atoms with Gasteiger partial charge in [-0.1, -0.05) is 6.07 Å². The fourth-order valence-electron chi connectivity index (χ4n) is 2.94. The molecule has 0 radical (unpaired) electrons. The predicted molar refractivity (Wildman–Crippen MR) is 88.6 cm³/mol. The highest BCUT2D eigenvalue weighted by Gasteiger charge is 2.39. The molecule has 1 amide bonds. The zero-order chi connectivity index (χ0) is 18.8. The van der Waals surface area contributed by atoms with Gasteiger partial charge in [-0.15, -0.1) is 0 Å². The van der Waals surface area contributed by atoms with E-state index in [2.05, 4.69) is 0 Å². The average molecular weight is 350 g/mol. The number of carboxylic acid groups (broad SMARTS) is 1. The largest absolute Gasteiger partial charge is 0.550 e. The molecular weight excluding hydrogens is 326 g/mol. The minimum Gasteiger partial charge on any atom is -0.550 e. The summed E-state index contributed by atoms with van der Waals surface area (Å²) < 4.78 is 15.8. The molecule has 1 aliphatic heterocycles. The monoisotopic (exact) mass is 350 g/mol. The minimum absolute atomic E-state index is 0.0518. The van der Waals surface area contributed by atoms with Crippen LogP contribution >= 0.6 is 0 Å². The summed E-state index contributed by atoms with van der Waals surface area (Å²) in [4.78, 5) is 25.3. The molecule has 25 heavy (non-hydrogen) atoms. The molecule has 0 aromatic heterocycles. The predicted octanol–water partition coefficient (Wildman–Crippen LogP) is 1.40. The number of rotatable bonds is 4. The van der Waals surface area contributed by atoms with E-state index in [1.54, 1.807) is 39.0 Å². The smallest absolute Gasteiger partial charge is 0.410 e. The number of ether oxygens (including phenoxy) is 3. The molecule has 0 aliphatic carbocycles. The van der Waals surface area contributed by atoms with Crippen molar-refractivity contribution in [3.63, 3.8) is 0 Å². The Labute approximate surface area is 147 Å². The summed E-state index contributed by atoms with van der Waals surface area (Å²) in [5, 5.41) is 11.6. The lowest BCUT2D eigenvalue weighted by Crippen LogP contribution is -2.38. The lowest BCUT2D eigenvalue weighted by molar-refractivity contribution is -0.311. The maximum atomic E-state index is 12.3. The van der Waals surface area contributed by atoms with Gasteiger partial charge < -0.3 is 29.0 Å². The lowest BCUT2D eigenvalue weighted by atomic mass is 9.89. The third kappa shape index (κ3) is 4.35. The molecule has 7 nitrogen and oxygen atoms in total. The second-order valence-corrected chi connectivity index (χ2v) is 7.03. The highest BCUT2D eigenvalue weighted by molar-refractivity contribution is 5.74. The molecule has 0 spiro atoms. The molecule has 7 heteroatoms. The third-order valence-corrected chi connectivity index (χ3v) is 4.11. The van der Waals surface area contributed by atoms with Gasteiger partial charge in [-0.05, 0) is 38.5 Å². The molecule has 1 saturated heterocycles. The molecule has 1 fully saturated rings. The molecule has 2 rings (SSSR count). The number of carboxylic acids is 1. The number of aliphatic carboxylic acids is 1. The Bertz CT molecular complexity index is 651. The molecular formula is C18H24NO6-. The first-order valence-corrected chi connectivity index (χ1v) is 8.07. The standard InChI is InChI=1S/C18H25NO6/c1-18(2,3)25-17(22)19-9-12(13(10-19)16(20)21)11-6-7-14(23-4)15(8-11)24-5/h6-8,12-13H,9-10H2,1-5H3,(H,20,21)/p-1/t12-,13+/m0/s1. The zero-order valence-corrected chi connectivity index (χ0v) is 15.2. The average Bonchev–Trinajstić information content (AvgIpc) is 2.98. The van der Waals surface area contributed by atoms with Crippen molar-refractivity contribution in [1.29, 1.82) is 0 Å². The van der Waals surface area contributed by atoms with Crippen LogP contribution in [0.15, 0.2) is 18.2 Å². The van der Waals surface area contributed by atoms with Gasteiger partial charge in [-0.3, -0.25) is 0 Å². The molecule has 1 aliphatic rings. The van der Waals surface area contributed by atoms with Gasteiger partial charge in [0.1, 0.15) is 5.60 Å². The van der Waals surface area contributed by atoms with Crippen molar-refractivity contribution in [2.45, 2.75) is 32.3 Å². The number of benzene rings is 1. The first-order chi connectivity index (χ1) is 11.7. The second-order valence-electron chi connectivity index (χ2n) is 7.03. The normalized spacial score (nSPS) is 20.3. The molecule has 0 saturated carbocycles. The van der Waals surface area contributed by atoms with E-state index in [0.29, 0.717) is 11.5 Å². The van der Waals surface area contributed by atoms with Gasteiger partial charge in [0.15, 0.2) is 11.5 Å². The number of nitrogens with zero attached hydrogens (tertiary/aromatic N) is 1. The number of hydrogen-bond acceptors (Lipinski definition) is 6. The van der Waals surface area contributed by atoms with E-state index in [-0.39, 0.29) is 13.1 Å². The van der Waals surface area contributed by atoms with E-state index in [1.165, 1.54) is 19.1 Å². The highest BCUT2D eigenvalue weighted by atomic mass is 16.6. The maximum absolute atomic E-state index is 12.3. The van der Waals surface area contributed by atoms with E-state index >= 15 is 0 Å². The van der Waals surface area contributed by atoms with Crippen molar-refractivity contribution in [3.8, 4) is 11.5 Å². The van der Waals surface area contributed by atoms with E-state index in [9.17, 15) is 14.7 Å². The van der Waals surface area contributed by atoms with Crippen molar-refractivity contribution in [2.24, 2.45) is 5.92 Å². The third-order valence-electron chi connectivity index (χ3n) is 4.11. The van der Waals surface area contributed by atoms with Crippen LogP contribution in [0.4, 0.5) is 4.79 Å². The van der Waals surface area contributed by atoms with Crippen LogP contribution in [0.25, 0.3) is 0 Å². The topological polar surface area (TPSA) is 88.1 Å². The Morgan fingerprint density at radius 1 is 1.12 bits per heavy atom. The quantitative estimate of drug-likeness (QED) is 0.816. The Balaban J connectivity index is 2.27. The molecule has 0 N–H and O–H groups in total. The molecule has 2 atom stereocenters. The van der Waals surface area contributed by atoms with Crippen LogP contribution in [0.5, 0.6) is 11.5 Å². The highest BCUT2D eigenvalue weighted by Crippen LogP contribution is 2.37. The molecule has 0 bridgehead atoms. The number of methoxy groups -OCH3 is 2. The van der Waals surface area contributed by atoms with Crippen LogP contribution in [-0.2, 0) is 9.53 Å². The molecule has 1 aromatic carbocycles. The maximum Gasteiger partial charge on any atom is 0.410 e. The summed E-state index contributed by atoms with van der Waals surface area (Å²) in [6, 6.07) is 5.23. The van der Waals surface area contributed by atoms with Gasteiger partial charge in [-0.2, -0.15) is 0 Å². The number of hydrogen-bond donors (Lipinski definition) is 0. The van der Waals surface area contributed by atoms with Crippen LogP contribution in [-0.4, -0.2) is 49.9 Å². The van der Waals surface area contributed by atoms with E-state index in [4.69, 9.17) is 14.2 Å². The van der Waals surface area contributed by atoms with Crippen LogP contribution in [0.3, 0.4) is 0 Å². The first kappa shape index (κ1) is 18.9. The summed E-state index contributed by atoms with van der Waals surface area (Å²) in [5.41, 5.74) is 0.105. The summed E-state index contributed by atoms with van der Waals surface area (Å²) >= 11 is 0. The summed E-state index contributed by atoms with van der Waals surface area (Å²) in [5.74, 6) is -1.35. The fraction of sp³-hybridized carbons (Fsp3) is 0.556. The van der Waals surface area contributed by atoms with Crippen LogP contribution in [0.2, 0.25) is 0 Å². The number of carbonyl (C=O) groups is 2. The minimum atomic E-state index is -1.19. The molecule has 138 valence electrons. The Morgan fingerprint density at radius 2 is 1.76 bits per heavy atom. The molecule has 0 unspecified atom stereocenters. The second kappa shape index (κ2) is 7.21.